The fraction of sp³-hybridized carbons (Fsp3) is 0.400. The summed E-state index contributed by atoms with van der Waals surface area (Å²) in [5, 5.41) is 20.5. The van der Waals surface area contributed by atoms with E-state index in [-0.39, 0.29) is 18.0 Å². The molecule has 0 saturated carbocycles. The van der Waals surface area contributed by atoms with Crippen LogP contribution < -0.4 is 10.5 Å². The molecule has 6 nitrogen and oxygen atoms in total. The number of nitrogens with zero attached hydrogens (tertiary/aromatic N) is 1. The molecule has 0 aromatic heterocycles. The number of rotatable bonds is 4. The lowest BCUT2D eigenvalue weighted by atomic mass is 9.95. The molecule has 3 N–H and O–H groups in total. The third-order valence-electron chi connectivity index (χ3n) is 2.37. The number of ether oxygens (including phenoxy) is 1. The Morgan fingerprint density at radius 3 is 2.69 bits per heavy atom. The number of methoxy groups -OCH3 is 1. The van der Waals surface area contributed by atoms with Crippen molar-refractivity contribution < 1.29 is 14.8 Å². The van der Waals surface area contributed by atoms with Gasteiger partial charge < -0.3 is 15.6 Å². The monoisotopic (exact) mass is 226 g/mol. The van der Waals surface area contributed by atoms with E-state index < -0.39 is 10.5 Å². The zero-order chi connectivity index (χ0) is 12.3. The molecular weight excluding hydrogens is 212 g/mol. The van der Waals surface area contributed by atoms with Crippen LogP contribution in [0, 0.1) is 10.1 Å². The maximum atomic E-state index is 10.6. The van der Waals surface area contributed by atoms with Gasteiger partial charge in [-0.3, -0.25) is 10.1 Å². The van der Waals surface area contributed by atoms with E-state index in [0.29, 0.717) is 5.56 Å². The smallest absolute Gasteiger partial charge is 0.273 e. The van der Waals surface area contributed by atoms with Crippen molar-refractivity contribution in [2.45, 2.75) is 12.5 Å². The molecular formula is C10H14N2O4. The number of benzene rings is 1. The highest BCUT2D eigenvalue weighted by atomic mass is 16.6. The summed E-state index contributed by atoms with van der Waals surface area (Å²) in [6.45, 7) is 1.53. The lowest BCUT2D eigenvalue weighted by molar-refractivity contribution is -0.385. The van der Waals surface area contributed by atoms with Gasteiger partial charge in [0.1, 0.15) is 11.4 Å². The van der Waals surface area contributed by atoms with Gasteiger partial charge in [0.2, 0.25) is 0 Å². The van der Waals surface area contributed by atoms with Crippen LogP contribution in [0.5, 0.6) is 5.75 Å². The zero-order valence-electron chi connectivity index (χ0n) is 9.14. The Morgan fingerprint density at radius 1 is 1.62 bits per heavy atom. The second-order valence-corrected chi connectivity index (χ2v) is 3.62. The molecule has 0 radical (unpaired) electrons. The minimum absolute atomic E-state index is 0.00116. The number of nitrogens with two attached hydrogens (primary N) is 1. The van der Waals surface area contributed by atoms with Crippen LogP contribution in [0.2, 0.25) is 0 Å². The van der Waals surface area contributed by atoms with Gasteiger partial charge in [0.25, 0.3) is 5.69 Å². The van der Waals surface area contributed by atoms with Gasteiger partial charge in [0, 0.05) is 18.2 Å². The largest absolute Gasteiger partial charge is 0.496 e. The molecule has 0 aliphatic rings. The fourth-order valence-corrected chi connectivity index (χ4v) is 1.35. The highest BCUT2D eigenvalue weighted by Gasteiger charge is 2.26. The van der Waals surface area contributed by atoms with Crippen LogP contribution >= 0.6 is 0 Å². The standard InChI is InChI=1S/C10H14N2O4/c1-10(13,6-11)8-4-3-7(12(14)15)5-9(8)16-2/h3-5,13H,6,11H2,1-2H3. The molecule has 88 valence electrons. The average Bonchev–Trinajstić information content (AvgIpc) is 2.28. The Labute approximate surface area is 92.8 Å². The van der Waals surface area contributed by atoms with Crippen LogP contribution in [0.15, 0.2) is 18.2 Å². The molecule has 0 aliphatic heterocycles. The first-order chi connectivity index (χ1) is 7.42. The van der Waals surface area contributed by atoms with Crippen LogP contribution in [0.4, 0.5) is 5.69 Å². The van der Waals surface area contributed by atoms with Gasteiger partial charge in [0.05, 0.1) is 18.1 Å². The van der Waals surface area contributed by atoms with Gasteiger partial charge in [-0.25, -0.2) is 0 Å². The molecule has 0 aliphatic carbocycles. The van der Waals surface area contributed by atoms with Crippen molar-refractivity contribution in [3.05, 3.63) is 33.9 Å². The molecule has 1 rings (SSSR count). The number of nitro benzene ring substituents is 1. The van der Waals surface area contributed by atoms with E-state index in [9.17, 15) is 15.2 Å². The van der Waals surface area contributed by atoms with E-state index in [2.05, 4.69) is 0 Å². The Hall–Kier alpha value is -1.66. The minimum Gasteiger partial charge on any atom is -0.496 e. The molecule has 0 bridgehead atoms. The van der Waals surface area contributed by atoms with Crippen LogP contribution in [0.3, 0.4) is 0 Å². The van der Waals surface area contributed by atoms with Crippen molar-refractivity contribution in [2.24, 2.45) is 5.73 Å². The highest BCUT2D eigenvalue weighted by Crippen LogP contribution is 2.32. The molecule has 6 heteroatoms. The molecule has 0 spiro atoms. The van der Waals surface area contributed by atoms with Gasteiger partial charge in [0.15, 0.2) is 0 Å². The van der Waals surface area contributed by atoms with Crippen molar-refractivity contribution >= 4 is 5.69 Å². The van der Waals surface area contributed by atoms with Crippen molar-refractivity contribution in [1.29, 1.82) is 0 Å². The van der Waals surface area contributed by atoms with Gasteiger partial charge in [-0.05, 0) is 13.0 Å². The first-order valence-corrected chi connectivity index (χ1v) is 4.67. The average molecular weight is 226 g/mol. The summed E-state index contributed by atoms with van der Waals surface area (Å²) in [6, 6.07) is 4.02. The third kappa shape index (κ3) is 2.29. The summed E-state index contributed by atoms with van der Waals surface area (Å²) in [5.74, 6) is 0.254. The lowest BCUT2D eigenvalue weighted by Gasteiger charge is -2.23. The minimum atomic E-state index is -1.26. The molecule has 1 aromatic rings. The normalized spacial score (nSPS) is 14.2. The maximum absolute atomic E-state index is 10.6. The summed E-state index contributed by atoms with van der Waals surface area (Å²) < 4.78 is 5.00. The molecule has 16 heavy (non-hydrogen) atoms. The molecule has 1 atom stereocenters. The predicted octanol–water partition coefficient (Wildman–Crippen LogP) is 0.770. The Morgan fingerprint density at radius 2 is 2.25 bits per heavy atom. The van der Waals surface area contributed by atoms with Gasteiger partial charge in [-0.1, -0.05) is 0 Å². The lowest BCUT2D eigenvalue weighted by Crippen LogP contribution is -2.31. The summed E-state index contributed by atoms with van der Waals surface area (Å²) in [6.07, 6.45) is 0. The Balaban J connectivity index is 3.27. The van der Waals surface area contributed by atoms with Crippen molar-refractivity contribution in [1.82, 2.24) is 0 Å². The second kappa shape index (κ2) is 4.46. The highest BCUT2D eigenvalue weighted by molar-refractivity contribution is 5.46. The van der Waals surface area contributed by atoms with Crippen LogP contribution in [-0.2, 0) is 5.60 Å². The summed E-state index contributed by atoms with van der Waals surface area (Å²) in [4.78, 5) is 10.0. The van der Waals surface area contributed by atoms with Crippen LogP contribution in [0.1, 0.15) is 12.5 Å². The van der Waals surface area contributed by atoms with Crippen molar-refractivity contribution in [3.63, 3.8) is 0 Å². The van der Waals surface area contributed by atoms with E-state index >= 15 is 0 Å². The van der Waals surface area contributed by atoms with Crippen molar-refractivity contribution in [2.75, 3.05) is 13.7 Å². The molecule has 0 saturated heterocycles. The van der Waals surface area contributed by atoms with E-state index in [4.69, 9.17) is 10.5 Å². The molecule has 1 unspecified atom stereocenters. The SMILES string of the molecule is COc1cc([N+](=O)[O-])ccc1C(C)(O)CN. The summed E-state index contributed by atoms with van der Waals surface area (Å²) >= 11 is 0. The number of nitro groups is 1. The first-order valence-electron chi connectivity index (χ1n) is 4.67. The number of aliphatic hydroxyl groups is 1. The number of hydrogen-bond donors (Lipinski definition) is 2. The topological polar surface area (TPSA) is 98.6 Å². The van der Waals surface area contributed by atoms with Gasteiger partial charge in [-0.15, -0.1) is 0 Å². The number of non-ortho nitro benzene ring substituents is 1. The van der Waals surface area contributed by atoms with Crippen LogP contribution in [-0.4, -0.2) is 23.7 Å². The zero-order valence-corrected chi connectivity index (χ0v) is 9.14. The van der Waals surface area contributed by atoms with Crippen LogP contribution in [0.25, 0.3) is 0 Å². The van der Waals surface area contributed by atoms with Crippen molar-refractivity contribution in [3.8, 4) is 5.75 Å². The predicted molar refractivity (Wildman–Crippen MR) is 58.3 cm³/mol. The quantitative estimate of drug-likeness (QED) is 0.583. The molecule has 0 heterocycles. The van der Waals surface area contributed by atoms with E-state index in [0.717, 1.165) is 0 Å². The second-order valence-electron chi connectivity index (χ2n) is 3.62. The molecule has 0 fully saturated rings. The number of hydrogen-bond acceptors (Lipinski definition) is 5. The Bertz CT molecular complexity index is 404. The Kier molecular flexibility index (Phi) is 3.46. The molecule has 1 aromatic carbocycles. The summed E-state index contributed by atoms with van der Waals surface area (Å²) in [5.41, 5.74) is 4.50. The molecule has 0 amide bonds. The maximum Gasteiger partial charge on any atom is 0.273 e. The van der Waals surface area contributed by atoms with Gasteiger partial charge in [-0.2, -0.15) is 0 Å². The summed E-state index contributed by atoms with van der Waals surface area (Å²) in [7, 11) is 1.38. The fourth-order valence-electron chi connectivity index (χ4n) is 1.35. The van der Waals surface area contributed by atoms with E-state index in [1.165, 1.54) is 32.2 Å². The van der Waals surface area contributed by atoms with Gasteiger partial charge >= 0.3 is 0 Å². The van der Waals surface area contributed by atoms with E-state index in [1.807, 2.05) is 0 Å². The first kappa shape index (κ1) is 12.4. The third-order valence-corrected chi connectivity index (χ3v) is 2.37. The van der Waals surface area contributed by atoms with E-state index in [1.54, 1.807) is 0 Å².